The molecule has 0 aliphatic carbocycles. The smallest absolute Gasteiger partial charge is 0.147 e. The molecule has 0 atom stereocenters. The molecule has 10 heavy (non-hydrogen) atoms. The van der Waals surface area contributed by atoms with Gasteiger partial charge in [-0.3, -0.25) is 4.79 Å². The fraction of sp³-hybridized carbons (Fsp3) is 0.625. The molecule has 0 aromatic carbocycles. The molecule has 0 amide bonds. The number of nitrogens with zero attached hydrogens (tertiary/aromatic N) is 1. The third kappa shape index (κ3) is 4.13. The normalized spacial score (nSPS) is 11.3. The largest absolute Gasteiger partial charge is 0.383 e. The van der Waals surface area contributed by atoms with Crippen molar-refractivity contribution in [2.75, 3.05) is 14.1 Å². The molecule has 0 fully saturated rings. The minimum atomic E-state index is 0.868. The Balaban J connectivity index is 3.90. The van der Waals surface area contributed by atoms with Crippen molar-refractivity contribution >= 4 is 6.29 Å². The SMILES string of the molecule is CCCC(C=O)=CN(C)C. The Kier molecular flexibility index (Phi) is 4.63. The molecular formula is C8H15NO. The van der Waals surface area contributed by atoms with Crippen molar-refractivity contribution in [2.45, 2.75) is 19.8 Å². The molecule has 0 radical (unpaired) electrons. The van der Waals surface area contributed by atoms with Gasteiger partial charge in [0.1, 0.15) is 6.29 Å². The average Bonchev–Trinajstić information content (AvgIpc) is 1.86. The average molecular weight is 141 g/mol. The maximum absolute atomic E-state index is 10.3. The molecule has 0 rings (SSSR count). The van der Waals surface area contributed by atoms with Crippen molar-refractivity contribution in [2.24, 2.45) is 0 Å². The van der Waals surface area contributed by atoms with E-state index in [4.69, 9.17) is 0 Å². The molecular weight excluding hydrogens is 126 g/mol. The highest BCUT2D eigenvalue weighted by molar-refractivity contribution is 5.72. The fourth-order valence-electron chi connectivity index (χ4n) is 0.774. The van der Waals surface area contributed by atoms with Crippen LogP contribution < -0.4 is 0 Å². The molecule has 0 aliphatic rings. The van der Waals surface area contributed by atoms with Crippen LogP contribution in [0.15, 0.2) is 11.8 Å². The van der Waals surface area contributed by atoms with Crippen LogP contribution in [-0.4, -0.2) is 25.3 Å². The van der Waals surface area contributed by atoms with Crippen molar-refractivity contribution in [3.05, 3.63) is 11.8 Å². The molecule has 2 heteroatoms. The van der Waals surface area contributed by atoms with Gasteiger partial charge in [-0.1, -0.05) is 13.3 Å². The van der Waals surface area contributed by atoms with E-state index in [-0.39, 0.29) is 0 Å². The Morgan fingerprint density at radius 3 is 2.40 bits per heavy atom. The Labute approximate surface area is 62.5 Å². The summed E-state index contributed by atoms with van der Waals surface area (Å²) in [6, 6.07) is 0. The van der Waals surface area contributed by atoms with Gasteiger partial charge in [0.25, 0.3) is 0 Å². The summed E-state index contributed by atoms with van der Waals surface area (Å²) < 4.78 is 0. The standard InChI is InChI=1S/C8H15NO/c1-4-5-8(7-10)6-9(2)3/h6-7H,4-5H2,1-3H3. The summed E-state index contributed by atoms with van der Waals surface area (Å²) in [5.41, 5.74) is 0.868. The lowest BCUT2D eigenvalue weighted by atomic mass is 10.2. The first-order valence-electron chi connectivity index (χ1n) is 3.53. The van der Waals surface area contributed by atoms with E-state index in [2.05, 4.69) is 6.92 Å². The van der Waals surface area contributed by atoms with E-state index in [9.17, 15) is 4.79 Å². The van der Waals surface area contributed by atoms with Crippen LogP contribution in [0, 0.1) is 0 Å². The van der Waals surface area contributed by atoms with Crippen molar-refractivity contribution < 1.29 is 4.79 Å². The molecule has 0 aliphatic heterocycles. The van der Waals surface area contributed by atoms with E-state index in [0.29, 0.717) is 0 Å². The highest BCUT2D eigenvalue weighted by Crippen LogP contribution is 2.00. The number of carbonyl (C=O) groups excluding carboxylic acids is 1. The van der Waals surface area contributed by atoms with Crippen LogP contribution in [0.1, 0.15) is 19.8 Å². The molecule has 0 bridgehead atoms. The first-order valence-corrected chi connectivity index (χ1v) is 3.53. The second-order valence-electron chi connectivity index (χ2n) is 2.54. The molecule has 0 unspecified atom stereocenters. The van der Waals surface area contributed by atoms with Crippen molar-refractivity contribution in [1.82, 2.24) is 4.90 Å². The molecule has 0 aromatic rings. The van der Waals surface area contributed by atoms with E-state index in [0.717, 1.165) is 24.7 Å². The lowest BCUT2D eigenvalue weighted by Crippen LogP contribution is -2.03. The number of rotatable bonds is 4. The van der Waals surface area contributed by atoms with Crippen LogP contribution >= 0.6 is 0 Å². The number of hydrogen-bond acceptors (Lipinski definition) is 2. The Morgan fingerprint density at radius 1 is 1.50 bits per heavy atom. The van der Waals surface area contributed by atoms with Crippen LogP contribution in [0.4, 0.5) is 0 Å². The van der Waals surface area contributed by atoms with E-state index < -0.39 is 0 Å². The maximum Gasteiger partial charge on any atom is 0.147 e. The molecule has 58 valence electrons. The molecule has 0 spiro atoms. The summed E-state index contributed by atoms with van der Waals surface area (Å²) in [6.45, 7) is 2.06. The van der Waals surface area contributed by atoms with E-state index in [1.54, 1.807) is 0 Å². The van der Waals surface area contributed by atoms with Gasteiger partial charge in [0.15, 0.2) is 0 Å². The van der Waals surface area contributed by atoms with E-state index in [1.807, 2.05) is 25.2 Å². The van der Waals surface area contributed by atoms with Gasteiger partial charge in [0.2, 0.25) is 0 Å². The second-order valence-corrected chi connectivity index (χ2v) is 2.54. The van der Waals surface area contributed by atoms with Gasteiger partial charge in [-0.2, -0.15) is 0 Å². The Morgan fingerprint density at radius 2 is 2.10 bits per heavy atom. The predicted octanol–water partition coefficient (Wildman–Crippen LogP) is 1.43. The van der Waals surface area contributed by atoms with Crippen molar-refractivity contribution in [3.8, 4) is 0 Å². The second kappa shape index (κ2) is 5.03. The topological polar surface area (TPSA) is 20.3 Å². The maximum atomic E-state index is 10.3. The zero-order chi connectivity index (χ0) is 7.98. The molecule has 0 N–H and O–H groups in total. The minimum Gasteiger partial charge on any atom is -0.383 e. The number of carbonyl (C=O) groups is 1. The van der Waals surface area contributed by atoms with Gasteiger partial charge in [0.05, 0.1) is 0 Å². The molecule has 0 saturated heterocycles. The van der Waals surface area contributed by atoms with Crippen LogP contribution in [0.5, 0.6) is 0 Å². The third-order valence-corrected chi connectivity index (χ3v) is 1.11. The van der Waals surface area contributed by atoms with Gasteiger partial charge >= 0.3 is 0 Å². The van der Waals surface area contributed by atoms with Gasteiger partial charge < -0.3 is 4.90 Å². The first kappa shape index (κ1) is 9.21. The van der Waals surface area contributed by atoms with Gasteiger partial charge in [-0.05, 0) is 6.42 Å². The van der Waals surface area contributed by atoms with E-state index >= 15 is 0 Å². The van der Waals surface area contributed by atoms with Crippen LogP contribution in [0.3, 0.4) is 0 Å². The summed E-state index contributed by atoms with van der Waals surface area (Å²) in [6.07, 6.45) is 4.68. The number of hydrogen-bond donors (Lipinski definition) is 0. The molecule has 0 heterocycles. The summed E-state index contributed by atoms with van der Waals surface area (Å²) in [5.74, 6) is 0. The van der Waals surface area contributed by atoms with Crippen LogP contribution in [-0.2, 0) is 4.79 Å². The number of allylic oxidation sites excluding steroid dienone is 1. The Bertz CT molecular complexity index is 127. The lowest BCUT2D eigenvalue weighted by molar-refractivity contribution is -0.105. The molecule has 0 saturated carbocycles. The summed E-state index contributed by atoms with van der Waals surface area (Å²) in [4.78, 5) is 12.2. The first-order chi connectivity index (χ1) is 4.70. The highest BCUT2D eigenvalue weighted by Gasteiger charge is 1.92. The van der Waals surface area contributed by atoms with Crippen LogP contribution in [0.2, 0.25) is 0 Å². The van der Waals surface area contributed by atoms with Gasteiger partial charge in [-0.25, -0.2) is 0 Å². The summed E-state index contributed by atoms with van der Waals surface area (Å²) in [5, 5.41) is 0. The predicted molar refractivity (Wildman–Crippen MR) is 42.7 cm³/mol. The van der Waals surface area contributed by atoms with Gasteiger partial charge in [0, 0.05) is 25.9 Å². The summed E-state index contributed by atoms with van der Waals surface area (Å²) in [7, 11) is 3.83. The van der Waals surface area contributed by atoms with Crippen LogP contribution in [0.25, 0.3) is 0 Å². The number of aldehydes is 1. The fourth-order valence-corrected chi connectivity index (χ4v) is 0.774. The van der Waals surface area contributed by atoms with E-state index in [1.165, 1.54) is 0 Å². The van der Waals surface area contributed by atoms with Crippen molar-refractivity contribution in [1.29, 1.82) is 0 Å². The minimum absolute atomic E-state index is 0.868. The monoisotopic (exact) mass is 141 g/mol. The zero-order valence-electron chi connectivity index (χ0n) is 6.92. The summed E-state index contributed by atoms with van der Waals surface area (Å²) >= 11 is 0. The Hall–Kier alpha value is -0.790. The molecule has 0 aromatic heterocycles. The quantitative estimate of drug-likeness (QED) is 0.436. The highest BCUT2D eigenvalue weighted by atomic mass is 16.1. The third-order valence-electron chi connectivity index (χ3n) is 1.11. The van der Waals surface area contributed by atoms with Gasteiger partial charge in [-0.15, -0.1) is 0 Å². The lowest BCUT2D eigenvalue weighted by Gasteiger charge is -2.05. The molecule has 2 nitrogen and oxygen atoms in total. The zero-order valence-corrected chi connectivity index (χ0v) is 6.92. The van der Waals surface area contributed by atoms with Crippen molar-refractivity contribution in [3.63, 3.8) is 0 Å².